The van der Waals surface area contributed by atoms with Gasteiger partial charge in [0.1, 0.15) is 5.76 Å². The second-order valence-corrected chi connectivity index (χ2v) is 3.12. The number of carbonyl (C=O) groups excluding carboxylic acids is 1. The van der Waals surface area contributed by atoms with Crippen LogP contribution in [-0.4, -0.2) is 13.1 Å². The number of allylic oxidation sites excluding steroid dienone is 1. The maximum Gasteiger partial charge on any atom is 0.339 e. The van der Waals surface area contributed by atoms with Gasteiger partial charge in [0.25, 0.3) is 0 Å². The summed E-state index contributed by atoms with van der Waals surface area (Å²) < 4.78 is 9.44. The first-order valence-corrected chi connectivity index (χ1v) is 4.42. The predicted octanol–water partition coefficient (Wildman–Crippen LogP) is 1.52. The van der Waals surface area contributed by atoms with Crippen LogP contribution in [0, 0.1) is 6.92 Å². The molecule has 0 aliphatic rings. The summed E-state index contributed by atoms with van der Waals surface area (Å²) in [5.41, 5.74) is 0.689. The van der Waals surface area contributed by atoms with Gasteiger partial charge in [-0.3, -0.25) is 0 Å². The molecular formula is C11H12O4. The smallest absolute Gasteiger partial charge is 0.339 e. The van der Waals surface area contributed by atoms with Gasteiger partial charge in [0, 0.05) is 11.6 Å². The topological polar surface area (TPSA) is 56.5 Å². The first kappa shape index (κ1) is 11.2. The van der Waals surface area contributed by atoms with Crippen molar-refractivity contribution < 1.29 is 13.9 Å². The molecule has 0 bridgehead atoms. The van der Waals surface area contributed by atoms with Crippen molar-refractivity contribution in [2.45, 2.75) is 13.8 Å². The highest BCUT2D eigenvalue weighted by molar-refractivity contribution is 5.89. The number of hydrogen-bond donors (Lipinski definition) is 0. The molecule has 4 heteroatoms. The predicted molar refractivity (Wildman–Crippen MR) is 55.4 cm³/mol. The number of methoxy groups -OCH3 is 1. The van der Waals surface area contributed by atoms with Crippen molar-refractivity contribution in [3.05, 3.63) is 40.0 Å². The van der Waals surface area contributed by atoms with Crippen molar-refractivity contribution in [2.24, 2.45) is 0 Å². The lowest BCUT2D eigenvalue weighted by Gasteiger charge is -1.99. The summed E-state index contributed by atoms with van der Waals surface area (Å²) in [6, 6.07) is 3.29. The lowest BCUT2D eigenvalue weighted by atomic mass is 10.2. The minimum absolute atomic E-state index is 0.371. The Hall–Kier alpha value is -1.84. The molecule has 0 unspecified atom stereocenters. The summed E-state index contributed by atoms with van der Waals surface area (Å²) in [6.45, 7) is 3.33. The number of aryl methyl sites for hydroxylation is 1. The molecule has 0 N–H and O–H groups in total. The van der Waals surface area contributed by atoms with Crippen molar-refractivity contribution >= 4 is 11.5 Å². The third-order valence-electron chi connectivity index (χ3n) is 1.93. The first-order valence-electron chi connectivity index (χ1n) is 4.42. The monoisotopic (exact) mass is 208 g/mol. The van der Waals surface area contributed by atoms with Gasteiger partial charge < -0.3 is 9.15 Å². The highest BCUT2D eigenvalue weighted by Gasteiger charge is 2.04. The van der Waals surface area contributed by atoms with Crippen LogP contribution in [0.2, 0.25) is 0 Å². The highest BCUT2D eigenvalue weighted by Crippen LogP contribution is 2.11. The molecule has 0 radical (unpaired) electrons. The summed E-state index contributed by atoms with van der Waals surface area (Å²) in [6.07, 6.45) is 1.27. The molecule has 0 aromatic carbocycles. The Morgan fingerprint density at radius 2 is 2.13 bits per heavy atom. The average molecular weight is 208 g/mol. The molecule has 80 valence electrons. The molecule has 15 heavy (non-hydrogen) atoms. The Balaban J connectivity index is 3.07. The molecule has 1 heterocycles. The Bertz CT molecular complexity index is 454. The molecule has 0 saturated carbocycles. The molecule has 4 nitrogen and oxygen atoms in total. The minimum atomic E-state index is -0.476. The lowest BCUT2D eigenvalue weighted by Crippen LogP contribution is -2.04. The van der Waals surface area contributed by atoms with Crippen molar-refractivity contribution in [3.63, 3.8) is 0 Å². The van der Waals surface area contributed by atoms with Gasteiger partial charge >= 0.3 is 11.6 Å². The number of rotatable bonds is 2. The van der Waals surface area contributed by atoms with Gasteiger partial charge in [0.05, 0.1) is 7.11 Å². The minimum Gasteiger partial charge on any atom is -0.466 e. The van der Waals surface area contributed by atoms with E-state index in [0.717, 1.165) is 0 Å². The zero-order chi connectivity index (χ0) is 11.4. The number of esters is 1. The molecule has 1 aromatic rings. The van der Waals surface area contributed by atoms with E-state index in [9.17, 15) is 9.59 Å². The first-order chi connectivity index (χ1) is 7.04. The zero-order valence-corrected chi connectivity index (χ0v) is 8.87. The molecule has 1 aromatic heterocycles. The molecular weight excluding hydrogens is 196 g/mol. The Kier molecular flexibility index (Phi) is 3.44. The second kappa shape index (κ2) is 4.59. The molecule has 0 saturated heterocycles. The van der Waals surface area contributed by atoms with Crippen LogP contribution in [-0.2, 0) is 9.53 Å². The van der Waals surface area contributed by atoms with Gasteiger partial charge in [-0.25, -0.2) is 9.59 Å². The van der Waals surface area contributed by atoms with Gasteiger partial charge in [-0.2, -0.15) is 0 Å². The van der Waals surface area contributed by atoms with Crippen LogP contribution in [0.1, 0.15) is 18.2 Å². The van der Waals surface area contributed by atoms with Gasteiger partial charge in [-0.1, -0.05) is 0 Å². The van der Waals surface area contributed by atoms with E-state index in [2.05, 4.69) is 4.74 Å². The lowest BCUT2D eigenvalue weighted by molar-refractivity contribution is -0.134. The van der Waals surface area contributed by atoms with Crippen molar-refractivity contribution in [1.82, 2.24) is 0 Å². The zero-order valence-electron chi connectivity index (χ0n) is 8.87. The largest absolute Gasteiger partial charge is 0.466 e. The van der Waals surface area contributed by atoms with E-state index in [1.54, 1.807) is 26.0 Å². The summed E-state index contributed by atoms with van der Waals surface area (Å²) in [5.74, 6) is -0.105. The number of carbonyl (C=O) groups is 1. The molecule has 0 amide bonds. The van der Waals surface area contributed by atoms with Gasteiger partial charge in [-0.15, -0.1) is 0 Å². The van der Waals surface area contributed by atoms with Gasteiger partial charge in [0.15, 0.2) is 0 Å². The quantitative estimate of drug-likeness (QED) is 0.546. The fraction of sp³-hybridized carbons (Fsp3) is 0.273. The van der Waals surface area contributed by atoms with E-state index < -0.39 is 11.6 Å². The van der Waals surface area contributed by atoms with Crippen LogP contribution < -0.4 is 5.63 Å². The van der Waals surface area contributed by atoms with Crippen molar-refractivity contribution in [2.75, 3.05) is 7.11 Å². The van der Waals surface area contributed by atoms with Crippen LogP contribution in [0.25, 0.3) is 5.57 Å². The van der Waals surface area contributed by atoms with Gasteiger partial charge in [0.2, 0.25) is 0 Å². The molecule has 0 aliphatic carbocycles. The number of hydrogen-bond acceptors (Lipinski definition) is 4. The Morgan fingerprint density at radius 1 is 1.47 bits per heavy atom. The van der Waals surface area contributed by atoms with Crippen LogP contribution >= 0.6 is 0 Å². The van der Waals surface area contributed by atoms with E-state index in [1.807, 2.05) is 0 Å². The molecule has 0 atom stereocenters. The molecule has 0 aliphatic heterocycles. The molecule has 1 rings (SSSR count). The normalized spacial score (nSPS) is 11.3. The Morgan fingerprint density at radius 3 is 2.67 bits per heavy atom. The number of ether oxygens (including phenoxy) is 1. The Labute approximate surface area is 87.2 Å². The molecule has 0 fully saturated rings. The SMILES string of the molecule is COC(=O)C=C(C)c1ccc(C)c(=O)o1. The molecule has 0 spiro atoms. The maximum absolute atomic E-state index is 11.2. The third kappa shape index (κ3) is 2.80. The fourth-order valence-corrected chi connectivity index (χ4v) is 1.00. The van der Waals surface area contributed by atoms with Crippen LogP contribution in [0.15, 0.2) is 27.4 Å². The van der Waals surface area contributed by atoms with Crippen LogP contribution in [0.4, 0.5) is 0 Å². The standard InChI is InChI=1S/C11H12O4/c1-7-4-5-9(15-11(7)13)8(2)6-10(12)14-3/h4-6H,1-3H3. The summed E-state index contributed by atoms with van der Waals surface area (Å²) in [5, 5.41) is 0. The summed E-state index contributed by atoms with van der Waals surface area (Å²) in [7, 11) is 1.29. The summed E-state index contributed by atoms with van der Waals surface area (Å²) >= 11 is 0. The second-order valence-electron chi connectivity index (χ2n) is 3.12. The van der Waals surface area contributed by atoms with Crippen molar-refractivity contribution in [1.29, 1.82) is 0 Å². The van der Waals surface area contributed by atoms with E-state index in [0.29, 0.717) is 16.9 Å². The van der Waals surface area contributed by atoms with E-state index in [1.165, 1.54) is 13.2 Å². The van der Waals surface area contributed by atoms with E-state index in [-0.39, 0.29) is 0 Å². The highest BCUT2D eigenvalue weighted by atomic mass is 16.5. The maximum atomic E-state index is 11.2. The van der Waals surface area contributed by atoms with E-state index in [4.69, 9.17) is 4.42 Å². The van der Waals surface area contributed by atoms with Crippen LogP contribution in [0.3, 0.4) is 0 Å². The third-order valence-corrected chi connectivity index (χ3v) is 1.93. The van der Waals surface area contributed by atoms with Crippen LogP contribution in [0.5, 0.6) is 0 Å². The average Bonchev–Trinajstić information content (AvgIpc) is 2.21. The fourth-order valence-electron chi connectivity index (χ4n) is 1.00. The van der Waals surface area contributed by atoms with Crippen molar-refractivity contribution in [3.8, 4) is 0 Å². The van der Waals surface area contributed by atoms with Gasteiger partial charge in [-0.05, 0) is 31.6 Å². The van der Waals surface area contributed by atoms with E-state index >= 15 is 0 Å². The summed E-state index contributed by atoms with van der Waals surface area (Å²) in [4.78, 5) is 22.1.